The van der Waals surface area contributed by atoms with Crippen LogP contribution >= 0.6 is 0 Å². The average molecular weight is 212 g/mol. The van der Waals surface area contributed by atoms with Gasteiger partial charge in [-0.3, -0.25) is 14.4 Å². The van der Waals surface area contributed by atoms with Gasteiger partial charge in [0.15, 0.2) is 11.7 Å². The monoisotopic (exact) mass is 212 g/mol. The maximum absolute atomic E-state index is 11.3. The zero-order valence-corrected chi connectivity index (χ0v) is 8.61. The minimum Gasteiger partial charge on any atom is -0.468 e. The summed E-state index contributed by atoms with van der Waals surface area (Å²) in [4.78, 5) is 33.7. The Labute approximate surface area is 87.0 Å². The van der Waals surface area contributed by atoms with Crippen molar-refractivity contribution >= 4 is 17.7 Å². The van der Waals surface area contributed by atoms with Crippen LogP contribution in [-0.2, 0) is 23.9 Å². The summed E-state index contributed by atoms with van der Waals surface area (Å²) >= 11 is 0. The van der Waals surface area contributed by atoms with Crippen molar-refractivity contribution in [3.63, 3.8) is 0 Å². The SMILES string of the molecule is COC(=O)C(C(=O)OC)C1=CC(=O)CC1. The number of rotatable bonds is 3. The molecule has 0 aromatic rings. The number of carbonyl (C=O) groups excluding carboxylic acids is 3. The van der Waals surface area contributed by atoms with Crippen LogP contribution in [0.4, 0.5) is 0 Å². The zero-order chi connectivity index (χ0) is 11.4. The Morgan fingerprint density at radius 1 is 1.20 bits per heavy atom. The van der Waals surface area contributed by atoms with Crippen molar-refractivity contribution in [2.24, 2.45) is 5.92 Å². The lowest BCUT2D eigenvalue weighted by Crippen LogP contribution is -2.27. The number of ketones is 1. The molecule has 0 spiro atoms. The lowest BCUT2D eigenvalue weighted by Gasteiger charge is -2.12. The van der Waals surface area contributed by atoms with Gasteiger partial charge in [0.2, 0.25) is 0 Å². The van der Waals surface area contributed by atoms with Crippen molar-refractivity contribution in [3.05, 3.63) is 11.6 Å². The van der Waals surface area contributed by atoms with Crippen LogP contribution in [0.15, 0.2) is 11.6 Å². The third-order valence-corrected chi connectivity index (χ3v) is 2.25. The standard InChI is InChI=1S/C10H12O5/c1-14-9(12)8(10(13)15-2)6-3-4-7(11)5-6/h5,8H,3-4H2,1-2H3. The van der Waals surface area contributed by atoms with Gasteiger partial charge in [0, 0.05) is 6.42 Å². The molecule has 0 amide bonds. The third kappa shape index (κ3) is 2.43. The van der Waals surface area contributed by atoms with Gasteiger partial charge in [0.05, 0.1) is 14.2 Å². The molecule has 0 bridgehead atoms. The molecular formula is C10H12O5. The number of hydrogen-bond acceptors (Lipinski definition) is 5. The maximum atomic E-state index is 11.3. The molecule has 15 heavy (non-hydrogen) atoms. The molecule has 0 atom stereocenters. The Morgan fingerprint density at radius 2 is 1.73 bits per heavy atom. The van der Waals surface area contributed by atoms with E-state index in [9.17, 15) is 14.4 Å². The van der Waals surface area contributed by atoms with E-state index in [1.54, 1.807) is 0 Å². The predicted octanol–water partition coefficient (Wildman–Crippen LogP) is 0.238. The number of esters is 2. The minimum atomic E-state index is -1.09. The molecule has 0 saturated carbocycles. The Morgan fingerprint density at radius 3 is 2.07 bits per heavy atom. The summed E-state index contributed by atoms with van der Waals surface area (Å²) in [6.45, 7) is 0. The van der Waals surface area contributed by atoms with Crippen LogP contribution in [0.3, 0.4) is 0 Å². The highest BCUT2D eigenvalue weighted by Crippen LogP contribution is 2.25. The first-order valence-electron chi connectivity index (χ1n) is 4.49. The van der Waals surface area contributed by atoms with Gasteiger partial charge in [-0.2, -0.15) is 0 Å². The molecular weight excluding hydrogens is 200 g/mol. The van der Waals surface area contributed by atoms with E-state index in [0.717, 1.165) is 0 Å². The lowest BCUT2D eigenvalue weighted by molar-refractivity contribution is -0.156. The number of ether oxygens (including phenoxy) is 2. The van der Waals surface area contributed by atoms with E-state index in [2.05, 4.69) is 9.47 Å². The van der Waals surface area contributed by atoms with E-state index in [1.165, 1.54) is 20.3 Å². The first kappa shape index (κ1) is 11.4. The van der Waals surface area contributed by atoms with Gasteiger partial charge in [-0.25, -0.2) is 0 Å². The molecule has 0 unspecified atom stereocenters. The summed E-state index contributed by atoms with van der Waals surface area (Å²) in [6, 6.07) is 0. The van der Waals surface area contributed by atoms with Crippen LogP contribution in [0.5, 0.6) is 0 Å². The van der Waals surface area contributed by atoms with Gasteiger partial charge >= 0.3 is 11.9 Å². The number of carbonyl (C=O) groups is 3. The molecule has 0 fully saturated rings. The van der Waals surface area contributed by atoms with Crippen LogP contribution in [0, 0.1) is 5.92 Å². The Balaban J connectivity index is 2.91. The van der Waals surface area contributed by atoms with E-state index in [1.807, 2.05) is 0 Å². The summed E-state index contributed by atoms with van der Waals surface area (Å²) in [5, 5.41) is 0. The molecule has 1 aliphatic carbocycles. The summed E-state index contributed by atoms with van der Waals surface area (Å²) in [5.74, 6) is -2.56. The third-order valence-electron chi connectivity index (χ3n) is 2.25. The van der Waals surface area contributed by atoms with E-state index in [0.29, 0.717) is 18.4 Å². The first-order valence-corrected chi connectivity index (χ1v) is 4.49. The van der Waals surface area contributed by atoms with E-state index in [-0.39, 0.29) is 5.78 Å². The topological polar surface area (TPSA) is 69.7 Å². The van der Waals surface area contributed by atoms with Crippen molar-refractivity contribution in [2.75, 3.05) is 14.2 Å². The molecule has 5 heteroatoms. The molecule has 1 aliphatic rings. The highest BCUT2D eigenvalue weighted by molar-refractivity contribution is 6.02. The summed E-state index contributed by atoms with van der Waals surface area (Å²) < 4.78 is 8.98. The summed E-state index contributed by atoms with van der Waals surface area (Å²) in [6.07, 6.45) is 2.06. The largest absolute Gasteiger partial charge is 0.468 e. The first-order chi connectivity index (χ1) is 7.10. The fourth-order valence-electron chi connectivity index (χ4n) is 1.48. The van der Waals surface area contributed by atoms with Crippen molar-refractivity contribution in [1.29, 1.82) is 0 Å². The van der Waals surface area contributed by atoms with Crippen LogP contribution in [0.25, 0.3) is 0 Å². The lowest BCUT2D eigenvalue weighted by atomic mass is 9.99. The highest BCUT2D eigenvalue weighted by atomic mass is 16.5. The van der Waals surface area contributed by atoms with Crippen LogP contribution < -0.4 is 0 Å². The van der Waals surface area contributed by atoms with Crippen molar-refractivity contribution < 1.29 is 23.9 Å². The highest BCUT2D eigenvalue weighted by Gasteiger charge is 2.34. The number of allylic oxidation sites excluding steroid dienone is 1. The number of methoxy groups -OCH3 is 2. The van der Waals surface area contributed by atoms with Gasteiger partial charge in [-0.05, 0) is 18.1 Å². The van der Waals surface area contributed by atoms with Gasteiger partial charge in [-0.1, -0.05) is 0 Å². The fourth-order valence-corrected chi connectivity index (χ4v) is 1.48. The normalized spacial score (nSPS) is 15.1. The quantitative estimate of drug-likeness (QED) is 0.495. The zero-order valence-electron chi connectivity index (χ0n) is 8.61. The molecule has 0 heterocycles. The Bertz CT molecular complexity index is 313. The van der Waals surface area contributed by atoms with Crippen molar-refractivity contribution in [2.45, 2.75) is 12.8 Å². The van der Waals surface area contributed by atoms with Crippen LogP contribution in [0.2, 0.25) is 0 Å². The second-order valence-corrected chi connectivity index (χ2v) is 3.16. The Kier molecular flexibility index (Phi) is 3.60. The molecule has 0 N–H and O–H groups in total. The molecule has 0 radical (unpaired) electrons. The van der Waals surface area contributed by atoms with Gasteiger partial charge in [0.1, 0.15) is 0 Å². The summed E-state index contributed by atoms with van der Waals surface area (Å²) in [7, 11) is 2.38. The maximum Gasteiger partial charge on any atom is 0.324 e. The predicted molar refractivity (Wildman–Crippen MR) is 49.8 cm³/mol. The van der Waals surface area contributed by atoms with E-state index < -0.39 is 17.9 Å². The van der Waals surface area contributed by atoms with E-state index in [4.69, 9.17) is 0 Å². The van der Waals surface area contributed by atoms with Crippen LogP contribution in [-0.4, -0.2) is 31.9 Å². The van der Waals surface area contributed by atoms with Gasteiger partial charge in [-0.15, -0.1) is 0 Å². The molecule has 0 aromatic carbocycles. The van der Waals surface area contributed by atoms with Gasteiger partial charge in [0.25, 0.3) is 0 Å². The Hall–Kier alpha value is -1.65. The average Bonchev–Trinajstić information content (AvgIpc) is 2.64. The molecule has 1 rings (SSSR count). The molecule has 82 valence electrons. The van der Waals surface area contributed by atoms with Crippen molar-refractivity contribution in [1.82, 2.24) is 0 Å². The molecule has 5 nitrogen and oxygen atoms in total. The second-order valence-electron chi connectivity index (χ2n) is 3.16. The van der Waals surface area contributed by atoms with Crippen molar-refractivity contribution in [3.8, 4) is 0 Å². The fraction of sp³-hybridized carbons (Fsp3) is 0.500. The number of hydrogen-bond donors (Lipinski definition) is 0. The van der Waals surface area contributed by atoms with Crippen LogP contribution in [0.1, 0.15) is 12.8 Å². The minimum absolute atomic E-state index is 0.0807. The van der Waals surface area contributed by atoms with E-state index >= 15 is 0 Å². The molecule has 0 saturated heterocycles. The second kappa shape index (κ2) is 4.72. The smallest absolute Gasteiger partial charge is 0.324 e. The molecule has 0 aliphatic heterocycles. The molecule has 0 aromatic heterocycles. The summed E-state index contributed by atoms with van der Waals surface area (Å²) in [5.41, 5.74) is 0.471. The van der Waals surface area contributed by atoms with Gasteiger partial charge < -0.3 is 9.47 Å².